The van der Waals surface area contributed by atoms with Crippen molar-refractivity contribution in [2.24, 2.45) is 11.8 Å². The number of benzene rings is 1. The van der Waals surface area contributed by atoms with Gasteiger partial charge in [-0.2, -0.15) is 0 Å². The average Bonchev–Trinajstić information content (AvgIpc) is 3.32. The van der Waals surface area contributed by atoms with Crippen LogP contribution in [0.15, 0.2) is 18.2 Å². The number of urea groups is 1. The van der Waals surface area contributed by atoms with Gasteiger partial charge in [-0.3, -0.25) is 0 Å². The molecule has 1 aromatic carbocycles. The van der Waals surface area contributed by atoms with Gasteiger partial charge in [0.25, 0.3) is 0 Å². The average molecular weight is 660 g/mol. The number of sulfonamides is 2. The summed E-state index contributed by atoms with van der Waals surface area (Å²) in [6.07, 6.45) is 7.80. The number of rotatable bonds is 10. The minimum atomic E-state index is -3.26. The van der Waals surface area contributed by atoms with E-state index in [2.05, 4.69) is 4.90 Å². The SMILES string of the molecule is CS(=O)(=O)N1CCC(CN2CCN(C3CCN(CC[C@@H](c4cc(F)cc(F)c4)C4CCN(S(C)(=O)=O)CC4)CC3)C2=O)CC1. The van der Waals surface area contributed by atoms with E-state index in [9.17, 15) is 30.4 Å². The van der Waals surface area contributed by atoms with Gasteiger partial charge >= 0.3 is 6.03 Å². The Morgan fingerprint density at radius 2 is 1.30 bits per heavy atom. The first-order valence-corrected chi connectivity index (χ1v) is 19.6. The van der Waals surface area contributed by atoms with E-state index in [1.165, 1.54) is 33.3 Å². The van der Waals surface area contributed by atoms with Crippen molar-refractivity contribution < 1.29 is 30.4 Å². The Hall–Kier alpha value is -1.87. The third-order valence-electron chi connectivity index (χ3n) is 10.3. The van der Waals surface area contributed by atoms with Gasteiger partial charge < -0.3 is 14.7 Å². The van der Waals surface area contributed by atoms with Gasteiger partial charge in [-0.1, -0.05) is 0 Å². The van der Waals surface area contributed by atoms with Crippen LogP contribution in [-0.2, 0) is 20.0 Å². The Morgan fingerprint density at radius 1 is 0.750 bits per heavy atom. The van der Waals surface area contributed by atoms with E-state index in [-0.39, 0.29) is 23.9 Å². The summed E-state index contributed by atoms with van der Waals surface area (Å²) >= 11 is 0. The zero-order valence-corrected chi connectivity index (χ0v) is 27.5. The van der Waals surface area contributed by atoms with Crippen LogP contribution in [0.4, 0.5) is 13.6 Å². The van der Waals surface area contributed by atoms with Crippen molar-refractivity contribution in [1.82, 2.24) is 23.3 Å². The summed E-state index contributed by atoms with van der Waals surface area (Å²) in [5, 5.41) is 0. The van der Waals surface area contributed by atoms with Crippen molar-refractivity contribution in [2.75, 3.05) is 78.0 Å². The molecule has 2 amide bonds. The van der Waals surface area contributed by atoms with Crippen LogP contribution < -0.4 is 0 Å². The van der Waals surface area contributed by atoms with Crippen LogP contribution in [0.3, 0.4) is 0 Å². The van der Waals surface area contributed by atoms with Gasteiger partial charge in [0, 0.05) is 71.0 Å². The maximum absolute atomic E-state index is 14.2. The highest BCUT2D eigenvalue weighted by Gasteiger charge is 2.37. The van der Waals surface area contributed by atoms with Crippen LogP contribution in [0.25, 0.3) is 0 Å². The molecule has 248 valence electrons. The largest absolute Gasteiger partial charge is 0.323 e. The lowest BCUT2D eigenvalue weighted by molar-refractivity contribution is 0.122. The molecule has 0 radical (unpaired) electrons. The Balaban J connectivity index is 1.11. The second-order valence-corrected chi connectivity index (χ2v) is 17.2. The van der Waals surface area contributed by atoms with Gasteiger partial charge in [-0.25, -0.2) is 39.0 Å². The number of carbonyl (C=O) groups is 1. The molecule has 5 rings (SSSR count). The second-order valence-electron chi connectivity index (χ2n) is 13.2. The number of likely N-dealkylation sites (tertiary alicyclic amines) is 1. The molecule has 4 heterocycles. The van der Waals surface area contributed by atoms with E-state index < -0.39 is 31.7 Å². The number of carbonyl (C=O) groups excluding carboxylic acids is 1. The first-order valence-electron chi connectivity index (χ1n) is 15.9. The van der Waals surface area contributed by atoms with Gasteiger partial charge in [0.2, 0.25) is 20.0 Å². The standard InChI is InChI=1S/C30H47F2N5O5S2/c1-43(39,40)35-13-3-23(4-14-35)22-34-17-18-37(30(34)38)28-7-10-33(11-8-28)12-9-29(25-19-26(31)21-27(32)20-25)24-5-15-36(16-6-24)44(2,41)42/h19-21,23-24,28-29H,3-18,22H2,1-2H3/t29-/m1/s1. The van der Waals surface area contributed by atoms with Crippen LogP contribution in [0.1, 0.15) is 56.4 Å². The Kier molecular flexibility index (Phi) is 10.6. The molecular weight excluding hydrogens is 612 g/mol. The quantitative estimate of drug-likeness (QED) is 0.383. The van der Waals surface area contributed by atoms with E-state index in [1.54, 1.807) is 0 Å². The van der Waals surface area contributed by atoms with E-state index in [4.69, 9.17) is 0 Å². The first-order chi connectivity index (χ1) is 20.8. The highest BCUT2D eigenvalue weighted by atomic mass is 32.2. The van der Waals surface area contributed by atoms with Crippen molar-refractivity contribution in [2.45, 2.75) is 56.9 Å². The van der Waals surface area contributed by atoms with Gasteiger partial charge in [0.1, 0.15) is 11.6 Å². The van der Waals surface area contributed by atoms with Crippen molar-refractivity contribution in [3.63, 3.8) is 0 Å². The molecule has 4 aliphatic rings. The van der Waals surface area contributed by atoms with Gasteiger partial charge in [-0.15, -0.1) is 0 Å². The highest BCUT2D eigenvalue weighted by Crippen LogP contribution is 2.37. The molecule has 10 nitrogen and oxygen atoms in total. The third kappa shape index (κ3) is 8.28. The normalized spacial score (nSPS) is 24.0. The Morgan fingerprint density at radius 3 is 1.84 bits per heavy atom. The van der Waals surface area contributed by atoms with Crippen molar-refractivity contribution in [3.05, 3.63) is 35.4 Å². The van der Waals surface area contributed by atoms with E-state index >= 15 is 0 Å². The molecule has 14 heteroatoms. The summed E-state index contributed by atoms with van der Waals surface area (Å²) in [6.45, 7) is 6.43. The molecule has 4 saturated heterocycles. The predicted octanol–water partition coefficient (Wildman–Crippen LogP) is 2.98. The van der Waals surface area contributed by atoms with E-state index in [0.717, 1.165) is 57.8 Å². The smallest absolute Gasteiger partial charge is 0.320 e. The number of hydrogen-bond donors (Lipinski definition) is 0. The summed E-state index contributed by atoms with van der Waals surface area (Å²) in [7, 11) is -6.43. The maximum Gasteiger partial charge on any atom is 0.320 e. The minimum Gasteiger partial charge on any atom is -0.323 e. The van der Waals surface area contributed by atoms with Crippen LogP contribution in [0.2, 0.25) is 0 Å². The van der Waals surface area contributed by atoms with Gasteiger partial charge in [0.05, 0.1) is 12.5 Å². The molecule has 44 heavy (non-hydrogen) atoms. The molecule has 0 unspecified atom stereocenters. The summed E-state index contributed by atoms with van der Waals surface area (Å²) in [4.78, 5) is 19.6. The number of hydrogen-bond acceptors (Lipinski definition) is 6. The lowest BCUT2D eigenvalue weighted by Gasteiger charge is -2.39. The molecule has 0 aliphatic carbocycles. The molecule has 0 aromatic heterocycles. The summed E-state index contributed by atoms with van der Waals surface area (Å²) in [5.74, 6) is -0.806. The van der Waals surface area contributed by atoms with Crippen LogP contribution in [0.5, 0.6) is 0 Å². The maximum atomic E-state index is 14.2. The topological polar surface area (TPSA) is 102 Å². The highest BCUT2D eigenvalue weighted by molar-refractivity contribution is 7.88. The molecule has 0 spiro atoms. The van der Waals surface area contributed by atoms with Crippen LogP contribution in [-0.4, -0.2) is 130 Å². The van der Waals surface area contributed by atoms with Gasteiger partial charge in [0.15, 0.2) is 0 Å². The molecule has 0 bridgehead atoms. The lowest BCUT2D eigenvalue weighted by Crippen LogP contribution is -2.47. The fourth-order valence-electron chi connectivity index (χ4n) is 7.69. The first kappa shape index (κ1) is 33.5. The summed E-state index contributed by atoms with van der Waals surface area (Å²) < 4.78 is 79.1. The molecule has 0 saturated carbocycles. The van der Waals surface area contributed by atoms with Gasteiger partial charge in [-0.05, 0) is 86.9 Å². The Bertz CT molecular complexity index is 1350. The predicted molar refractivity (Wildman–Crippen MR) is 165 cm³/mol. The number of amides is 2. The van der Waals surface area contributed by atoms with Crippen molar-refractivity contribution in [1.29, 1.82) is 0 Å². The molecule has 4 aliphatic heterocycles. The van der Waals surface area contributed by atoms with Crippen molar-refractivity contribution in [3.8, 4) is 0 Å². The van der Waals surface area contributed by atoms with Crippen molar-refractivity contribution >= 4 is 26.1 Å². The Labute approximate surface area is 261 Å². The third-order valence-corrected chi connectivity index (χ3v) is 12.9. The summed E-state index contributed by atoms with van der Waals surface area (Å²) in [5.41, 5.74) is 0.639. The summed E-state index contributed by atoms with van der Waals surface area (Å²) in [6, 6.07) is 4.00. The molecule has 0 N–H and O–H groups in total. The molecule has 1 aromatic rings. The molecule has 1 atom stereocenters. The number of piperidine rings is 3. The molecular formula is C30H47F2N5O5S2. The zero-order chi connectivity index (χ0) is 31.6. The number of halogens is 2. The second kappa shape index (κ2) is 13.9. The monoisotopic (exact) mass is 659 g/mol. The van der Waals surface area contributed by atoms with Crippen LogP contribution in [0, 0.1) is 23.5 Å². The fourth-order valence-corrected chi connectivity index (χ4v) is 9.44. The zero-order valence-electron chi connectivity index (χ0n) is 25.9. The number of nitrogens with zero attached hydrogens (tertiary/aromatic N) is 5. The minimum absolute atomic E-state index is 0.0716. The fraction of sp³-hybridized carbons (Fsp3) is 0.767. The molecule has 4 fully saturated rings. The lowest BCUT2D eigenvalue weighted by atomic mass is 9.78. The van der Waals surface area contributed by atoms with E-state index in [0.29, 0.717) is 70.1 Å². The van der Waals surface area contributed by atoms with E-state index in [1.807, 2.05) is 9.80 Å². The van der Waals surface area contributed by atoms with Crippen LogP contribution >= 0.6 is 0 Å².